The lowest BCUT2D eigenvalue weighted by molar-refractivity contribution is 0.227. The van der Waals surface area contributed by atoms with Crippen LogP contribution in [0.25, 0.3) is 4.96 Å². The Hall–Kier alpha value is -2.32. The second kappa shape index (κ2) is 7.97. The standard InChI is InChI=1S/C20H26N4O3S/c1-13-21-20-24(22-13)19(25)18(28-20)16(23-11-6-4-5-7-12-23)14-9-8-10-15(26-2)17(14)27-3/h8-10,16,25H,4-7,11-12H2,1-3H3. The van der Waals surface area contributed by atoms with Crippen LogP contribution in [-0.2, 0) is 0 Å². The Morgan fingerprint density at radius 3 is 2.50 bits per heavy atom. The van der Waals surface area contributed by atoms with Crippen LogP contribution in [0.5, 0.6) is 17.4 Å². The normalized spacial score (nSPS) is 16.8. The fraction of sp³-hybridized carbons (Fsp3) is 0.500. The minimum Gasteiger partial charge on any atom is -0.493 e. The van der Waals surface area contributed by atoms with E-state index in [1.165, 1.54) is 28.7 Å². The Kier molecular flexibility index (Phi) is 5.41. The molecule has 8 heteroatoms. The largest absolute Gasteiger partial charge is 0.493 e. The monoisotopic (exact) mass is 402 g/mol. The van der Waals surface area contributed by atoms with Crippen LogP contribution in [0, 0.1) is 6.92 Å². The van der Waals surface area contributed by atoms with Gasteiger partial charge >= 0.3 is 0 Å². The molecule has 1 aromatic carbocycles. The summed E-state index contributed by atoms with van der Waals surface area (Å²) in [7, 11) is 3.30. The molecule has 3 aromatic rings. The van der Waals surface area contributed by atoms with Crippen LogP contribution in [0.2, 0.25) is 0 Å². The fourth-order valence-electron chi connectivity index (χ4n) is 4.01. The summed E-state index contributed by atoms with van der Waals surface area (Å²) in [5, 5.41) is 15.3. The molecule has 150 valence electrons. The third kappa shape index (κ3) is 3.31. The topological polar surface area (TPSA) is 72.1 Å². The summed E-state index contributed by atoms with van der Waals surface area (Å²) in [6, 6.07) is 5.78. The molecule has 1 aliphatic rings. The Morgan fingerprint density at radius 1 is 1.11 bits per heavy atom. The number of benzene rings is 1. The first-order chi connectivity index (χ1) is 13.6. The molecule has 0 radical (unpaired) electrons. The van der Waals surface area contributed by atoms with Crippen LogP contribution >= 0.6 is 11.3 Å². The van der Waals surface area contributed by atoms with Gasteiger partial charge in [0.05, 0.1) is 25.1 Å². The van der Waals surface area contributed by atoms with Crippen molar-refractivity contribution in [1.82, 2.24) is 19.5 Å². The number of rotatable bonds is 5. The highest BCUT2D eigenvalue weighted by molar-refractivity contribution is 7.17. The molecule has 1 N–H and O–H groups in total. The zero-order valence-corrected chi connectivity index (χ0v) is 17.3. The number of thiazole rings is 1. The minimum atomic E-state index is -0.142. The molecule has 0 bridgehead atoms. The third-order valence-corrected chi connectivity index (χ3v) is 6.36. The lowest BCUT2D eigenvalue weighted by atomic mass is 10.0. The van der Waals surface area contributed by atoms with Gasteiger partial charge in [-0.2, -0.15) is 4.52 Å². The predicted octanol–water partition coefficient (Wildman–Crippen LogP) is 3.79. The molecular formula is C20H26N4O3S. The molecule has 1 fully saturated rings. The maximum absolute atomic E-state index is 11.0. The average molecular weight is 403 g/mol. The number of ether oxygens (including phenoxy) is 2. The van der Waals surface area contributed by atoms with E-state index in [9.17, 15) is 5.11 Å². The summed E-state index contributed by atoms with van der Waals surface area (Å²) in [5.74, 6) is 2.20. The highest BCUT2D eigenvalue weighted by atomic mass is 32.1. The zero-order valence-electron chi connectivity index (χ0n) is 16.5. The second-order valence-electron chi connectivity index (χ2n) is 7.08. The van der Waals surface area contributed by atoms with Crippen molar-refractivity contribution in [3.05, 3.63) is 34.5 Å². The SMILES string of the molecule is COc1cccc(C(c2sc3nc(C)nn3c2O)N2CCCCCC2)c1OC. The van der Waals surface area contributed by atoms with Crippen molar-refractivity contribution >= 4 is 16.3 Å². The lowest BCUT2D eigenvalue weighted by Crippen LogP contribution is -2.30. The van der Waals surface area contributed by atoms with Gasteiger partial charge in [-0.15, -0.1) is 5.10 Å². The number of aryl methyl sites for hydroxylation is 1. The van der Waals surface area contributed by atoms with Crippen LogP contribution in [-0.4, -0.2) is 51.9 Å². The van der Waals surface area contributed by atoms with Gasteiger partial charge in [0.2, 0.25) is 10.8 Å². The maximum atomic E-state index is 11.0. The Balaban J connectivity index is 1.89. The molecule has 0 spiro atoms. The Labute approximate surface area is 168 Å². The lowest BCUT2D eigenvalue weighted by Gasteiger charge is -2.31. The van der Waals surface area contributed by atoms with Crippen LogP contribution in [0.1, 0.15) is 48.0 Å². The number of nitrogens with zero attached hydrogens (tertiary/aromatic N) is 4. The first-order valence-electron chi connectivity index (χ1n) is 9.64. The van der Waals surface area contributed by atoms with Crippen molar-refractivity contribution in [2.45, 2.75) is 38.6 Å². The maximum Gasteiger partial charge on any atom is 0.230 e. The summed E-state index contributed by atoms with van der Waals surface area (Å²) in [4.78, 5) is 8.42. The van der Waals surface area contributed by atoms with E-state index < -0.39 is 0 Å². The highest BCUT2D eigenvalue weighted by Crippen LogP contribution is 2.45. The van der Waals surface area contributed by atoms with Gasteiger partial charge in [-0.05, 0) is 38.9 Å². The Morgan fingerprint density at radius 2 is 1.86 bits per heavy atom. The van der Waals surface area contributed by atoms with Crippen LogP contribution in [0.15, 0.2) is 18.2 Å². The molecule has 1 unspecified atom stereocenters. The van der Waals surface area contributed by atoms with Gasteiger partial charge in [-0.25, -0.2) is 4.98 Å². The smallest absolute Gasteiger partial charge is 0.230 e. The van der Waals surface area contributed by atoms with Crippen LogP contribution in [0.4, 0.5) is 0 Å². The van der Waals surface area contributed by atoms with Gasteiger partial charge < -0.3 is 14.6 Å². The number of aromatic hydroxyl groups is 1. The van der Waals surface area contributed by atoms with E-state index in [1.807, 2.05) is 19.1 Å². The molecule has 28 heavy (non-hydrogen) atoms. The number of hydrogen-bond acceptors (Lipinski definition) is 7. The van der Waals surface area contributed by atoms with Crippen molar-refractivity contribution in [2.75, 3.05) is 27.3 Å². The Bertz CT molecular complexity index is 960. The molecule has 1 aliphatic heterocycles. The molecule has 3 heterocycles. The van der Waals surface area contributed by atoms with Gasteiger partial charge in [0.1, 0.15) is 5.82 Å². The van der Waals surface area contributed by atoms with Gasteiger partial charge in [-0.3, -0.25) is 4.90 Å². The van der Waals surface area contributed by atoms with Crippen molar-refractivity contribution in [2.24, 2.45) is 0 Å². The zero-order chi connectivity index (χ0) is 19.7. The molecule has 0 aliphatic carbocycles. The number of likely N-dealkylation sites (tertiary alicyclic amines) is 1. The highest BCUT2D eigenvalue weighted by Gasteiger charge is 2.32. The molecule has 7 nitrogen and oxygen atoms in total. The second-order valence-corrected chi connectivity index (χ2v) is 8.09. The summed E-state index contributed by atoms with van der Waals surface area (Å²) < 4.78 is 12.8. The average Bonchev–Trinajstić information content (AvgIpc) is 3.06. The van der Waals surface area contributed by atoms with Crippen molar-refractivity contribution in [3.8, 4) is 17.4 Å². The number of fused-ring (bicyclic) bond motifs is 1. The van der Waals surface area contributed by atoms with Crippen LogP contribution in [0.3, 0.4) is 0 Å². The van der Waals surface area contributed by atoms with Crippen molar-refractivity contribution < 1.29 is 14.6 Å². The molecule has 1 saturated heterocycles. The van der Waals surface area contributed by atoms with E-state index in [4.69, 9.17) is 9.47 Å². The molecule has 0 amide bonds. The van der Waals surface area contributed by atoms with Gasteiger partial charge in [0.25, 0.3) is 0 Å². The van der Waals surface area contributed by atoms with E-state index >= 15 is 0 Å². The first-order valence-corrected chi connectivity index (χ1v) is 10.5. The van der Waals surface area contributed by atoms with E-state index in [2.05, 4.69) is 21.0 Å². The molecule has 1 atom stereocenters. The number of hydrogen-bond donors (Lipinski definition) is 1. The molecule has 0 saturated carbocycles. The van der Waals surface area contributed by atoms with Crippen LogP contribution < -0.4 is 9.47 Å². The summed E-state index contributed by atoms with van der Waals surface area (Å²) in [6.07, 6.45) is 4.75. The number of aromatic nitrogens is 3. The predicted molar refractivity (Wildman–Crippen MR) is 109 cm³/mol. The minimum absolute atomic E-state index is 0.142. The van der Waals surface area contributed by atoms with E-state index in [0.29, 0.717) is 22.3 Å². The quantitative estimate of drug-likeness (QED) is 0.700. The molecule has 4 rings (SSSR count). The third-order valence-electron chi connectivity index (χ3n) is 5.29. The van der Waals surface area contributed by atoms with Crippen molar-refractivity contribution in [1.29, 1.82) is 0 Å². The number of para-hydroxylation sites is 1. The van der Waals surface area contributed by atoms with Gasteiger partial charge in [0.15, 0.2) is 11.5 Å². The van der Waals surface area contributed by atoms with E-state index in [-0.39, 0.29) is 11.9 Å². The van der Waals surface area contributed by atoms with Gasteiger partial charge in [-0.1, -0.05) is 36.3 Å². The van der Waals surface area contributed by atoms with E-state index in [0.717, 1.165) is 36.4 Å². The first kappa shape index (κ1) is 19.0. The van der Waals surface area contributed by atoms with Crippen molar-refractivity contribution in [3.63, 3.8) is 0 Å². The molecular weight excluding hydrogens is 376 g/mol. The summed E-state index contributed by atoms with van der Waals surface area (Å²) in [5.41, 5.74) is 0.986. The summed E-state index contributed by atoms with van der Waals surface area (Å²) in [6.45, 7) is 3.77. The molecule has 2 aromatic heterocycles. The summed E-state index contributed by atoms with van der Waals surface area (Å²) >= 11 is 1.48. The fourth-order valence-corrected chi connectivity index (χ4v) is 5.16. The number of methoxy groups -OCH3 is 2. The van der Waals surface area contributed by atoms with E-state index in [1.54, 1.807) is 14.2 Å². The van der Waals surface area contributed by atoms with Gasteiger partial charge in [0, 0.05) is 5.56 Å².